The molecule has 2 heterocycles. The predicted octanol–water partition coefficient (Wildman–Crippen LogP) is 2.19. The summed E-state index contributed by atoms with van der Waals surface area (Å²) in [6.07, 6.45) is 2.05. The molecule has 2 rings (SSSR count). The van der Waals surface area contributed by atoms with E-state index < -0.39 is 0 Å². The summed E-state index contributed by atoms with van der Waals surface area (Å²) in [5.74, 6) is 0. The van der Waals surface area contributed by atoms with Crippen molar-refractivity contribution in [2.75, 3.05) is 0 Å². The van der Waals surface area contributed by atoms with E-state index >= 15 is 0 Å². The van der Waals surface area contributed by atoms with E-state index in [0.29, 0.717) is 0 Å². The zero-order valence-corrected chi connectivity index (χ0v) is 7.63. The summed E-state index contributed by atoms with van der Waals surface area (Å²) in [5.41, 5.74) is 3.47. The molecule has 0 bridgehead atoms. The van der Waals surface area contributed by atoms with Crippen molar-refractivity contribution >= 4 is 11.0 Å². The van der Waals surface area contributed by atoms with Gasteiger partial charge in [0.2, 0.25) is 0 Å². The van der Waals surface area contributed by atoms with Crippen LogP contribution in [0.4, 0.5) is 0 Å². The van der Waals surface area contributed by atoms with Gasteiger partial charge in [-0.3, -0.25) is 0 Å². The van der Waals surface area contributed by atoms with Gasteiger partial charge in [0.15, 0.2) is 0 Å². The lowest BCUT2D eigenvalue weighted by Crippen LogP contribution is -1.91. The third-order valence-electron chi connectivity index (χ3n) is 2.17. The summed E-state index contributed by atoms with van der Waals surface area (Å²) in [6.45, 7) is 4.15. The van der Waals surface area contributed by atoms with E-state index in [2.05, 4.69) is 28.6 Å². The van der Waals surface area contributed by atoms with Crippen LogP contribution in [0, 0.1) is 13.8 Å². The molecule has 0 amide bonds. The highest BCUT2D eigenvalue weighted by atomic mass is 15.0. The lowest BCUT2D eigenvalue weighted by Gasteiger charge is -1.99. The molecule has 0 spiro atoms. The van der Waals surface area contributed by atoms with Crippen LogP contribution in [-0.2, 0) is 7.05 Å². The lowest BCUT2D eigenvalue weighted by atomic mass is 10.2. The monoisotopic (exact) mass is 160 g/mol. The molecule has 0 saturated heterocycles. The summed E-state index contributed by atoms with van der Waals surface area (Å²) in [6, 6.07) is 4.22. The number of fused-ring (bicyclic) bond motifs is 1. The van der Waals surface area contributed by atoms with Crippen molar-refractivity contribution in [2.24, 2.45) is 7.05 Å². The fraction of sp³-hybridized carbons (Fsp3) is 0.300. The van der Waals surface area contributed by atoms with Crippen molar-refractivity contribution in [3.05, 3.63) is 29.6 Å². The van der Waals surface area contributed by atoms with E-state index in [4.69, 9.17) is 0 Å². The normalized spacial score (nSPS) is 10.9. The second-order valence-corrected chi connectivity index (χ2v) is 3.24. The Kier molecular flexibility index (Phi) is 1.43. The Morgan fingerprint density at radius 1 is 1.33 bits per heavy atom. The Balaban J connectivity index is 2.92. The summed E-state index contributed by atoms with van der Waals surface area (Å²) in [5, 5.41) is 1.25. The van der Waals surface area contributed by atoms with Crippen LogP contribution in [0.3, 0.4) is 0 Å². The molecule has 2 nitrogen and oxygen atoms in total. The zero-order valence-electron chi connectivity index (χ0n) is 7.63. The van der Waals surface area contributed by atoms with Crippen molar-refractivity contribution in [1.29, 1.82) is 0 Å². The van der Waals surface area contributed by atoms with Gasteiger partial charge < -0.3 is 4.57 Å². The Morgan fingerprint density at radius 2 is 2.08 bits per heavy atom. The van der Waals surface area contributed by atoms with E-state index in [9.17, 15) is 0 Å². The molecule has 0 fully saturated rings. The molecule has 2 aromatic heterocycles. The van der Waals surface area contributed by atoms with Crippen molar-refractivity contribution in [3.8, 4) is 0 Å². The zero-order chi connectivity index (χ0) is 8.72. The molecule has 2 aromatic rings. The van der Waals surface area contributed by atoms with Gasteiger partial charge in [0.1, 0.15) is 5.65 Å². The quantitative estimate of drug-likeness (QED) is 0.577. The SMILES string of the molecule is Cc1cc(C)c2ccn(C)c2n1. The van der Waals surface area contributed by atoms with Gasteiger partial charge in [-0.05, 0) is 31.5 Å². The van der Waals surface area contributed by atoms with E-state index in [1.54, 1.807) is 0 Å². The Labute approximate surface area is 71.8 Å². The first kappa shape index (κ1) is 7.35. The lowest BCUT2D eigenvalue weighted by molar-refractivity contribution is 0.942. The second kappa shape index (κ2) is 2.34. The number of hydrogen-bond acceptors (Lipinski definition) is 1. The molecule has 0 radical (unpaired) electrons. The molecule has 0 aromatic carbocycles. The smallest absolute Gasteiger partial charge is 0.140 e. The second-order valence-electron chi connectivity index (χ2n) is 3.24. The summed E-state index contributed by atoms with van der Waals surface area (Å²) in [7, 11) is 2.02. The molecule has 0 N–H and O–H groups in total. The number of pyridine rings is 1. The van der Waals surface area contributed by atoms with E-state index in [0.717, 1.165) is 11.3 Å². The number of aryl methyl sites for hydroxylation is 3. The van der Waals surface area contributed by atoms with Gasteiger partial charge in [-0.15, -0.1) is 0 Å². The third kappa shape index (κ3) is 0.916. The average Bonchev–Trinajstić information content (AvgIpc) is 2.33. The molecule has 0 atom stereocenters. The molecule has 0 unspecified atom stereocenters. The highest BCUT2D eigenvalue weighted by Gasteiger charge is 2.02. The fourth-order valence-corrected chi connectivity index (χ4v) is 1.56. The van der Waals surface area contributed by atoms with Crippen LogP contribution in [0.25, 0.3) is 11.0 Å². The van der Waals surface area contributed by atoms with Gasteiger partial charge in [-0.1, -0.05) is 0 Å². The summed E-state index contributed by atoms with van der Waals surface area (Å²) in [4.78, 5) is 4.46. The van der Waals surface area contributed by atoms with Crippen LogP contribution in [0.15, 0.2) is 18.3 Å². The number of hydrogen-bond donors (Lipinski definition) is 0. The van der Waals surface area contributed by atoms with Crippen molar-refractivity contribution in [3.63, 3.8) is 0 Å². The summed E-state index contributed by atoms with van der Waals surface area (Å²) >= 11 is 0. The van der Waals surface area contributed by atoms with Gasteiger partial charge in [-0.25, -0.2) is 4.98 Å². The minimum absolute atomic E-state index is 1.08. The van der Waals surface area contributed by atoms with Crippen LogP contribution in [0.5, 0.6) is 0 Å². The molecule has 0 aliphatic heterocycles. The van der Waals surface area contributed by atoms with Crippen molar-refractivity contribution in [2.45, 2.75) is 13.8 Å². The van der Waals surface area contributed by atoms with Crippen LogP contribution < -0.4 is 0 Å². The van der Waals surface area contributed by atoms with E-state index in [1.807, 2.05) is 20.2 Å². The van der Waals surface area contributed by atoms with Crippen molar-refractivity contribution < 1.29 is 0 Å². The fourth-order valence-electron chi connectivity index (χ4n) is 1.56. The predicted molar refractivity (Wildman–Crippen MR) is 50.2 cm³/mol. The minimum Gasteiger partial charge on any atom is -0.336 e. The number of nitrogens with zero attached hydrogens (tertiary/aromatic N) is 2. The average molecular weight is 160 g/mol. The topological polar surface area (TPSA) is 17.8 Å². The third-order valence-corrected chi connectivity index (χ3v) is 2.17. The van der Waals surface area contributed by atoms with Crippen LogP contribution >= 0.6 is 0 Å². The van der Waals surface area contributed by atoms with Gasteiger partial charge in [-0.2, -0.15) is 0 Å². The molecule has 2 heteroatoms. The molecule has 62 valence electrons. The first-order valence-corrected chi connectivity index (χ1v) is 4.08. The Hall–Kier alpha value is -1.31. The Morgan fingerprint density at radius 3 is 2.83 bits per heavy atom. The maximum Gasteiger partial charge on any atom is 0.140 e. The van der Waals surface area contributed by atoms with Gasteiger partial charge >= 0.3 is 0 Å². The molecular weight excluding hydrogens is 148 g/mol. The molecule has 0 saturated carbocycles. The van der Waals surface area contributed by atoms with E-state index in [1.165, 1.54) is 10.9 Å². The molecule has 0 aliphatic rings. The van der Waals surface area contributed by atoms with Crippen LogP contribution in [-0.4, -0.2) is 9.55 Å². The minimum atomic E-state index is 1.08. The molecule has 0 aliphatic carbocycles. The van der Waals surface area contributed by atoms with E-state index in [-0.39, 0.29) is 0 Å². The Bertz CT molecular complexity index is 427. The van der Waals surface area contributed by atoms with Crippen molar-refractivity contribution in [1.82, 2.24) is 9.55 Å². The maximum atomic E-state index is 4.46. The summed E-state index contributed by atoms with van der Waals surface area (Å²) < 4.78 is 2.05. The van der Waals surface area contributed by atoms with Crippen LogP contribution in [0.1, 0.15) is 11.3 Å². The largest absolute Gasteiger partial charge is 0.336 e. The first-order chi connectivity index (χ1) is 5.68. The van der Waals surface area contributed by atoms with Gasteiger partial charge in [0.25, 0.3) is 0 Å². The first-order valence-electron chi connectivity index (χ1n) is 4.08. The molecular formula is C10H12N2. The number of rotatable bonds is 0. The standard InChI is InChI=1S/C10H12N2/c1-7-6-8(2)11-10-9(7)4-5-12(10)3/h4-6H,1-3H3. The number of aromatic nitrogens is 2. The van der Waals surface area contributed by atoms with Crippen LogP contribution in [0.2, 0.25) is 0 Å². The highest BCUT2D eigenvalue weighted by molar-refractivity contribution is 5.80. The highest BCUT2D eigenvalue weighted by Crippen LogP contribution is 2.17. The maximum absolute atomic E-state index is 4.46. The van der Waals surface area contributed by atoms with Gasteiger partial charge in [0.05, 0.1) is 0 Å². The molecule has 12 heavy (non-hydrogen) atoms. The van der Waals surface area contributed by atoms with Gasteiger partial charge in [0, 0.05) is 24.3 Å².